The van der Waals surface area contributed by atoms with E-state index < -0.39 is 0 Å². The van der Waals surface area contributed by atoms with Crippen molar-refractivity contribution in [2.75, 3.05) is 19.7 Å². The lowest BCUT2D eigenvalue weighted by Crippen LogP contribution is -2.37. The second kappa shape index (κ2) is 7.98. The SMILES string of the molecule is N#Cc1ccccc1CN1CCC(OC(=O)C2=COCCC2)CC1. The molecular weight excluding hydrogens is 304 g/mol. The molecule has 0 spiro atoms. The molecule has 1 saturated heterocycles. The van der Waals surface area contributed by atoms with E-state index in [1.165, 1.54) is 0 Å². The lowest BCUT2D eigenvalue weighted by Gasteiger charge is -2.32. The van der Waals surface area contributed by atoms with Crippen molar-refractivity contribution in [2.45, 2.75) is 38.3 Å². The van der Waals surface area contributed by atoms with E-state index in [0.29, 0.717) is 12.2 Å². The highest BCUT2D eigenvalue weighted by molar-refractivity contribution is 5.88. The van der Waals surface area contributed by atoms with Gasteiger partial charge >= 0.3 is 5.97 Å². The Labute approximate surface area is 142 Å². The van der Waals surface area contributed by atoms with Gasteiger partial charge in [-0.2, -0.15) is 5.26 Å². The molecule has 24 heavy (non-hydrogen) atoms. The largest absolute Gasteiger partial charge is 0.501 e. The number of hydrogen-bond donors (Lipinski definition) is 0. The van der Waals surface area contributed by atoms with Crippen LogP contribution in [0.15, 0.2) is 36.1 Å². The Balaban J connectivity index is 1.48. The van der Waals surface area contributed by atoms with Gasteiger partial charge in [0, 0.05) is 19.6 Å². The van der Waals surface area contributed by atoms with Crippen LogP contribution in [0.5, 0.6) is 0 Å². The van der Waals surface area contributed by atoms with Crippen molar-refractivity contribution < 1.29 is 14.3 Å². The molecule has 2 aliphatic rings. The third-order valence-electron chi connectivity index (χ3n) is 4.54. The molecule has 0 radical (unpaired) electrons. The van der Waals surface area contributed by atoms with E-state index in [4.69, 9.17) is 9.47 Å². The van der Waals surface area contributed by atoms with Crippen LogP contribution >= 0.6 is 0 Å². The molecule has 0 aliphatic carbocycles. The molecule has 2 aliphatic heterocycles. The summed E-state index contributed by atoms with van der Waals surface area (Å²) in [7, 11) is 0. The van der Waals surface area contributed by atoms with Crippen molar-refractivity contribution in [3.63, 3.8) is 0 Å². The Morgan fingerprint density at radius 2 is 2.12 bits per heavy atom. The lowest BCUT2D eigenvalue weighted by molar-refractivity contribution is -0.147. The second-order valence-corrected chi connectivity index (χ2v) is 6.27. The predicted octanol–water partition coefficient (Wildman–Crippen LogP) is 2.76. The van der Waals surface area contributed by atoms with Gasteiger partial charge in [-0.05, 0) is 37.3 Å². The first-order chi connectivity index (χ1) is 11.8. The number of carbonyl (C=O) groups is 1. The number of likely N-dealkylation sites (tertiary alicyclic amines) is 1. The first-order valence-corrected chi connectivity index (χ1v) is 8.48. The zero-order chi connectivity index (χ0) is 16.8. The van der Waals surface area contributed by atoms with Crippen molar-refractivity contribution >= 4 is 5.97 Å². The molecule has 0 N–H and O–H groups in total. The topological polar surface area (TPSA) is 62.6 Å². The monoisotopic (exact) mass is 326 g/mol. The van der Waals surface area contributed by atoms with Gasteiger partial charge in [0.15, 0.2) is 0 Å². The molecule has 0 saturated carbocycles. The van der Waals surface area contributed by atoms with E-state index in [2.05, 4.69) is 11.0 Å². The summed E-state index contributed by atoms with van der Waals surface area (Å²) in [5, 5.41) is 9.17. The maximum atomic E-state index is 12.1. The number of ether oxygens (including phenoxy) is 2. The highest BCUT2D eigenvalue weighted by Crippen LogP contribution is 2.20. The van der Waals surface area contributed by atoms with Gasteiger partial charge in [-0.1, -0.05) is 18.2 Å². The molecule has 2 heterocycles. The van der Waals surface area contributed by atoms with Gasteiger partial charge in [0.2, 0.25) is 0 Å². The normalized spacial score (nSPS) is 19.0. The molecule has 3 rings (SSSR count). The number of rotatable bonds is 4. The Morgan fingerprint density at radius 3 is 2.83 bits per heavy atom. The molecule has 0 atom stereocenters. The van der Waals surface area contributed by atoms with Crippen molar-refractivity contribution in [2.24, 2.45) is 0 Å². The maximum Gasteiger partial charge on any atom is 0.337 e. The van der Waals surface area contributed by atoms with Crippen LogP contribution in [0.25, 0.3) is 0 Å². The number of carbonyl (C=O) groups excluding carboxylic acids is 1. The molecule has 5 nitrogen and oxygen atoms in total. The van der Waals surface area contributed by atoms with Crippen LogP contribution in [0.2, 0.25) is 0 Å². The predicted molar refractivity (Wildman–Crippen MR) is 88.8 cm³/mol. The molecule has 1 aromatic carbocycles. The van der Waals surface area contributed by atoms with Crippen molar-refractivity contribution in [3.8, 4) is 6.07 Å². The first kappa shape index (κ1) is 16.5. The number of hydrogen-bond acceptors (Lipinski definition) is 5. The minimum atomic E-state index is -0.233. The fraction of sp³-hybridized carbons (Fsp3) is 0.474. The summed E-state index contributed by atoms with van der Waals surface area (Å²) in [5.41, 5.74) is 2.43. The van der Waals surface area contributed by atoms with Gasteiger partial charge in [-0.25, -0.2) is 4.79 Å². The standard InChI is InChI=1S/C19H22N2O3/c20-12-15-4-1-2-5-16(15)13-21-9-7-18(8-10-21)24-19(22)17-6-3-11-23-14-17/h1-2,4-5,14,18H,3,6-11,13H2. The summed E-state index contributed by atoms with van der Waals surface area (Å²) in [5.74, 6) is -0.233. The van der Waals surface area contributed by atoms with Gasteiger partial charge in [0.05, 0.1) is 30.1 Å². The van der Waals surface area contributed by atoms with Crippen LogP contribution < -0.4 is 0 Å². The number of nitrogens with zero attached hydrogens (tertiary/aromatic N) is 2. The highest BCUT2D eigenvalue weighted by Gasteiger charge is 2.24. The van der Waals surface area contributed by atoms with Crippen LogP contribution in [0.3, 0.4) is 0 Å². The van der Waals surface area contributed by atoms with Crippen molar-refractivity contribution in [1.29, 1.82) is 5.26 Å². The molecule has 0 unspecified atom stereocenters. The number of esters is 1. The van der Waals surface area contributed by atoms with Crippen LogP contribution in [0.4, 0.5) is 0 Å². The number of nitriles is 1. The van der Waals surface area contributed by atoms with Crippen molar-refractivity contribution in [1.82, 2.24) is 4.90 Å². The molecule has 1 fully saturated rings. The number of piperidine rings is 1. The Morgan fingerprint density at radius 1 is 1.33 bits per heavy atom. The third-order valence-corrected chi connectivity index (χ3v) is 4.54. The van der Waals surface area contributed by atoms with E-state index in [1.54, 1.807) is 6.26 Å². The summed E-state index contributed by atoms with van der Waals surface area (Å²) >= 11 is 0. The van der Waals surface area contributed by atoms with Crippen LogP contribution in [0, 0.1) is 11.3 Å². The van der Waals surface area contributed by atoms with Crippen LogP contribution in [0.1, 0.15) is 36.8 Å². The molecular formula is C19H22N2O3. The zero-order valence-corrected chi connectivity index (χ0v) is 13.7. The van der Waals surface area contributed by atoms with Gasteiger partial charge < -0.3 is 9.47 Å². The smallest absolute Gasteiger partial charge is 0.337 e. The maximum absolute atomic E-state index is 12.1. The second-order valence-electron chi connectivity index (χ2n) is 6.27. The summed E-state index contributed by atoms with van der Waals surface area (Å²) in [4.78, 5) is 14.4. The van der Waals surface area contributed by atoms with Gasteiger partial charge in [0.1, 0.15) is 6.10 Å². The zero-order valence-electron chi connectivity index (χ0n) is 13.7. The summed E-state index contributed by atoms with van der Waals surface area (Å²) in [6, 6.07) is 9.94. The molecule has 0 aromatic heterocycles. The number of benzene rings is 1. The van der Waals surface area contributed by atoms with E-state index in [0.717, 1.165) is 56.4 Å². The van der Waals surface area contributed by atoms with E-state index in [9.17, 15) is 10.1 Å². The van der Waals surface area contributed by atoms with E-state index >= 15 is 0 Å². The van der Waals surface area contributed by atoms with Gasteiger partial charge in [-0.15, -0.1) is 0 Å². The van der Waals surface area contributed by atoms with Gasteiger partial charge in [0.25, 0.3) is 0 Å². The average Bonchev–Trinajstić information content (AvgIpc) is 2.64. The average molecular weight is 326 g/mol. The fourth-order valence-corrected chi connectivity index (χ4v) is 3.14. The van der Waals surface area contributed by atoms with Gasteiger partial charge in [-0.3, -0.25) is 4.90 Å². The van der Waals surface area contributed by atoms with Crippen LogP contribution in [-0.4, -0.2) is 36.7 Å². The minimum Gasteiger partial charge on any atom is -0.501 e. The Bertz CT molecular complexity index is 655. The molecule has 5 heteroatoms. The Hall–Kier alpha value is -2.32. The van der Waals surface area contributed by atoms with Crippen molar-refractivity contribution in [3.05, 3.63) is 47.2 Å². The quantitative estimate of drug-likeness (QED) is 0.796. The molecule has 0 amide bonds. The molecule has 0 bridgehead atoms. The van der Waals surface area contributed by atoms with E-state index in [-0.39, 0.29) is 12.1 Å². The van der Waals surface area contributed by atoms with E-state index in [1.807, 2.05) is 24.3 Å². The third kappa shape index (κ3) is 4.15. The fourth-order valence-electron chi connectivity index (χ4n) is 3.14. The molecule has 126 valence electrons. The first-order valence-electron chi connectivity index (χ1n) is 8.48. The minimum absolute atomic E-state index is 0.0252. The molecule has 1 aromatic rings. The summed E-state index contributed by atoms with van der Waals surface area (Å²) in [6.45, 7) is 3.18. The lowest BCUT2D eigenvalue weighted by atomic mass is 10.0. The Kier molecular flexibility index (Phi) is 5.50. The highest BCUT2D eigenvalue weighted by atomic mass is 16.5. The summed E-state index contributed by atoms with van der Waals surface area (Å²) in [6.07, 6.45) is 4.78. The van der Waals surface area contributed by atoms with Crippen LogP contribution in [-0.2, 0) is 20.8 Å². The summed E-state index contributed by atoms with van der Waals surface area (Å²) < 4.78 is 10.8.